The molecule has 0 radical (unpaired) electrons. The zero-order chi connectivity index (χ0) is 23.9. The van der Waals surface area contributed by atoms with Gasteiger partial charge in [-0.3, -0.25) is 4.98 Å². The number of azide groups is 1. The third-order valence-electron chi connectivity index (χ3n) is 6.81. The van der Waals surface area contributed by atoms with Crippen molar-refractivity contribution in [2.45, 2.75) is 32.2 Å². The Labute approximate surface area is 195 Å². The van der Waals surface area contributed by atoms with E-state index < -0.39 is 11.4 Å². The number of rotatable bonds is 5. The molecule has 0 amide bonds. The Morgan fingerprint density at radius 2 is 1.97 bits per heavy atom. The molecule has 0 bridgehead atoms. The molecule has 9 nitrogen and oxygen atoms in total. The molecular formula is C24H25FN8O. The Morgan fingerprint density at radius 1 is 1.18 bits per heavy atom. The number of hydrogen-bond acceptors (Lipinski definition) is 6. The predicted molar refractivity (Wildman–Crippen MR) is 128 cm³/mol. The normalized spacial score (nSPS) is 15.0. The standard InChI is InChI=1S/C24H25FN8O/c1-24(2,30-31-26)15-5-8-32(9-6-15)16-12-28-23-19(13-29-33(23)14-16)17-4-7-27-21-11-20(25)22(34-3)10-18(17)21/h4,7,10-15H,5-6,8-9H2,1-3H3. The summed E-state index contributed by atoms with van der Waals surface area (Å²) < 4.78 is 21.1. The van der Waals surface area contributed by atoms with E-state index in [1.165, 1.54) is 13.2 Å². The smallest absolute Gasteiger partial charge is 0.167 e. The first kappa shape index (κ1) is 21.9. The van der Waals surface area contributed by atoms with Crippen LogP contribution in [0.3, 0.4) is 0 Å². The summed E-state index contributed by atoms with van der Waals surface area (Å²) in [6, 6.07) is 4.91. The van der Waals surface area contributed by atoms with Crippen molar-refractivity contribution in [3.63, 3.8) is 0 Å². The molecule has 34 heavy (non-hydrogen) atoms. The molecule has 0 saturated carbocycles. The van der Waals surface area contributed by atoms with Crippen LogP contribution in [0.1, 0.15) is 26.7 Å². The van der Waals surface area contributed by atoms with Crippen molar-refractivity contribution in [2.75, 3.05) is 25.1 Å². The molecule has 1 saturated heterocycles. The highest BCUT2D eigenvalue weighted by atomic mass is 19.1. The van der Waals surface area contributed by atoms with Crippen LogP contribution < -0.4 is 9.64 Å². The molecular weight excluding hydrogens is 435 g/mol. The number of fused-ring (bicyclic) bond motifs is 2. The first-order valence-corrected chi connectivity index (χ1v) is 11.2. The van der Waals surface area contributed by atoms with Crippen LogP contribution in [0.15, 0.2) is 48.1 Å². The lowest BCUT2D eigenvalue weighted by molar-refractivity contribution is 0.265. The van der Waals surface area contributed by atoms with Crippen LogP contribution in [0.25, 0.3) is 38.1 Å². The molecule has 1 fully saturated rings. The molecule has 4 heterocycles. The summed E-state index contributed by atoms with van der Waals surface area (Å²) in [6.07, 6.45) is 9.15. The average molecular weight is 461 g/mol. The number of benzene rings is 1. The highest BCUT2D eigenvalue weighted by molar-refractivity contribution is 5.98. The van der Waals surface area contributed by atoms with E-state index in [1.807, 2.05) is 32.3 Å². The molecule has 0 unspecified atom stereocenters. The summed E-state index contributed by atoms with van der Waals surface area (Å²) >= 11 is 0. The fourth-order valence-electron chi connectivity index (χ4n) is 4.80. The van der Waals surface area contributed by atoms with Crippen molar-refractivity contribution in [3.05, 3.63) is 59.2 Å². The molecule has 1 aliphatic rings. The van der Waals surface area contributed by atoms with Gasteiger partial charge in [0.1, 0.15) is 0 Å². The van der Waals surface area contributed by atoms with Gasteiger partial charge in [-0.1, -0.05) is 19.0 Å². The van der Waals surface area contributed by atoms with Crippen LogP contribution in [0.2, 0.25) is 0 Å². The quantitative estimate of drug-likeness (QED) is 0.225. The lowest BCUT2D eigenvalue weighted by Crippen LogP contribution is -2.41. The second kappa shape index (κ2) is 8.46. The Morgan fingerprint density at radius 3 is 2.71 bits per heavy atom. The van der Waals surface area contributed by atoms with Crippen molar-refractivity contribution in [1.29, 1.82) is 0 Å². The van der Waals surface area contributed by atoms with Gasteiger partial charge < -0.3 is 9.64 Å². The summed E-state index contributed by atoms with van der Waals surface area (Å²) in [7, 11) is 1.44. The summed E-state index contributed by atoms with van der Waals surface area (Å²) in [5.41, 5.74) is 12.4. The van der Waals surface area contributed by atoms with E-state index in [-0.39, 0.29) is 5.75 Å². The lowest BCUT2D eigenvalue weighted by Gasteiger charge is -2.39. The molecule has 5 rings (SSSR count). The van der Waals surface area contributed by atoms with E-state index in [4.69, 9.17) is 15.3 Å². The third-order valence-corrected chi connectivity index (χ3v) is 6.81. The molecule has 10 heteroatoms. The largest absolute Gasteiger partial charge is 0.494 e. The van der Waals surface area contributed by atoms with Crippen molar-refractivity contribution < 1.29 is 9.13 Å². The Bertz CT molecular complexity index is 1420. The van der Waals surface area contributed by atoms with Crippen molar-refractivity contribution in [2.24, 2.45) is 11.0 Å². The van der Waals surface area contributed by atoms with Crippen LogP contribution in [-0.2, 0) is 0 Å². The zero-order valence-electron chi connectivity index (χ0n) is 19.3. The molecule has 174 valence electrons. The Kier molecular flexibility index (Phi) is 5.45. The summed E-state index contributed by atoms with van der Waals surface area (Å²) in [5, 5.41) is 9.30. The predicted octanol–water partition coefficient (Wildman–Crippen LogP) is 5.40. The van der Waals surface area contributed by atoms with Gasteiger partial charge in [0.15, 0.2) is 17.2 Å². The summed E-state index contributed by atoms with van der Waals surface area (Å²) in [4.78, 5) is 14.3. The van der Waals surface area contributed by atoms with Gasteiger partial charge >= 0.3 is 0 Å². The minimum Gasteiger partial charge on any atom is -0.494 e. The van der Waals surface area contributed by atoms with Crippen LogP contribution in [-0.4, -0.2) is 45.3 Å². The number of piperidine rings is 1. The molecule has 0 N–H and O–H groups in total. The van der Waals surface area contributed by atoms with E-state index >= 15 is 0 Å². The first-order valence-electron chi connectivity index (χ1n) is 11.2. The lowest BCUT2D eigenvalue weighted by atomic mass is 9.81. The van der Waals surface area contributed by atoms with Crippen molar-refractivity contribution in [1.82, 2.24) is 19.6 Å². The fourth-order valence-corrected chi connectivity index (χ4v) is 4.80. The minimum atomic E-state index is -0.450. The molecule has 0 aliphatic carbocycles. The van der Waals surface area contributed by atoms with Gasteiger partial charge in [0.2, 0.25) is 0 Å². The van der Waals surface area contributed by atoms with E-state index in [9.17, 15) is 4.39 Å². The molecule has 3 aromatic heterocycles. The maximum absolute atomic E-state index is 14.2. The third kappa shape index (κ3) is 3.76. The maximum atomic E-state index is 14.2. The maximum Gasteiger partial charge on any atom is 0.167 e. The monoisotopic (exact) mass is 460 g/mol. The fraction of sp³-hybridized carbons (Fsp3) is 0.375. The van der Waals surface area contributed by atoms with Gasteiger partial charge in [0.25, 0.3) is 0 Å². The number of hydrogen-bond donors (Lipinski definition) is 0. The topological polar surface area (TPSA) is 104 Å². The summed E-state index contributed by atoms with van der Waals surface area (Å²) in [5.74, 6) is 0.0591. The second-order valence-corrected chi connectivity index (χ2v) is 9.11. The van der Waals surface area contributed by atoms with E-state index in [2.05, 4.69) is 25.0 Å². The molecule has 0 spiro atoms. The number of halogens is 1. The van der Waals surface area contributed by atoms with E-state index in [1.54, 1.807) is 23.0 Å². The number of pyridine rings is 1. The van der Waals surface area contributed by atoms with Gasteiger partial charge in [-0.2, -0.15) is 5.10 Å². The molecule has 1 aliphatic heterocycles. The number of aromatic nitrogens is 4. The molecule has 0 atom stereocenters. The SMILES string of the molecule is COc1cc2c(-c3cnn4cc(N5CCC(C(C)(C)N=[N+]=[N-])CC5)cnc34)ccnc2cc1F. The van der Waals surface area contributed by atoms with Crippen LogP contribution in [0.5, 0.6) is 5.75 Å². The number of ether oxygens (including phenoxy) is 1. The average Bonchev–Trinajstić information content (AvgIpc) is 3.26. The Balaban J connectivity index is 1.45. The highest BCUT2D eigenvalue weighted by Crippen LogP contribution is 2.35. The van der Waals surface area contributed by atoms with Crippen molar-refractivity contribution >= 4 is 22.2 Å². The number of nitrogens with zero attached hydrogens (tertiary/aromatic N) is 8. The van der Waals surface area contributed by atoms with Crippen LogP contribution in [0.4, 0.5) is 10.1 Å². The van der Waals surface area contributed by atoms with E-state index in [0.29, 0.717) is 17.1 Å². The van der Waals surface area contributed by atoms with Crippen LogP contribution >= 0.6 is 0 Å². The van der Waals surface area contributed by atoms with Crippen LogP contribution in [0, 0.1) is 11.7 Å². The molecule has 1 aromatic carbocycles. The molecule has 4 aromatic rings. The van der Waals surface area contributed by atoms with Gasteiger partial charge in [-0.25, -0.2) is 13.9 Å². The van der Waals surface area contributed by atoms with Crippen molar-refractivity contribution in [3.8, 4) is 16.9 Å². The first-order chi connectivity index (χ1) is 16.4. The van der Waals surface area contributed by atoms with Gasteiger partial charge in [0.05, 0.1) is 36.9 Å². The van der Waals surface area contributed by atoms with Gasteiger partial charge in [-0.05, 0) is 42.0 Å². The van der Waals surface area contributed by atoms with Gasteiger partial charge in [-0.15, -0.1) is 0 Å². The van der Waals surface area contributed by atoms with Gasteiger partial charge in [0, 0.05) is 46.8 Å². The summed E-state index contributed by atoms with van der Waals surface area (Å²) in [6.45, 7) is 5.71. The Hall–Kier alpha value is -3.91. The minimum absolute atomic E-state index is 0.167. The van der Waals surface area contributed by atoms with E-state index in [0.717, 1.165) is 48.1 Å². The zero-order valence-corrected chi connectivity index (χ0v) is 19.3. The number of anilines is 1. The second-order valence-electron chi connectivity index (χ2n) is 9.11. The number of methoxy groups -OCH3 is 1. The highest BCUT2D eigenvalue weighted by Gasteiger charge is 2.32.